The van der Waals surface area contributed by atoms with Crippen LogP contribution in [0.15, 0.2) is 11.5 Å². The Kier molecular flexibility index (Phi) is 8.45. The van der Waals surface area contributed by atoms with Crippen LogP contribution in [0, 0.1) is 0 Å². The molecule has 0 spiro atoms. The van der Waals surface area contributed by atoms with Crippen molar-refractivity contribution in [2.75, 3.05) is 6.61 Å². The van der Waals surface area contributed by atoms with Gasteiger partial charge in [-0.05, 0) is 17.9 Å². The van der Waals surface area contributed by atoms with Crippen LogP contribution in [-0.2, 0) is 9.53 Å². The van der Waals surface area contributed by atoms with Crippen LogP contribution in [0.4, 0.5) is 0 Å². The Morgan fingerprint density at radius 1 is 1.62 bits per heavy atom. The van der Waals surface area contributed by atoms with Crippen molar-refractivity contribution in [1.29, 1.82) is 0 Å². The lowest BCUT2D eigenvalue weighted by atomic mass is 10.4. The SMILES string of the molecule is CC[C@H](C)SS/C=C/COC(C)=O. The second-order valence-corrected chi connectivity index (χ2v) is 5.20. The van der Waals surface area contributed by atoms with Crippen LogP contribution in [0.3, 0.4) is 0 Å². The Balaban J connectivity index is 3.26. The molecule has 76 valence electrons. The fourth-order valence-electron chi connectivity index (χ4n) is 0.439. The Morgan fingerprint density at radius 3 is 2.85 bits per heavy atom. The van der Waals surface area contributed by atoms with Crippen molar-refractivity contribution in [1.82, 2.24) is 0 Å². The van der Waals surface area contributed by atoms with Crippen molar-refractivity contribution in [3.63, 3.8) is 0 Å². The van der Waals surface area contributed by atoms with Crippen LogP contribution in [0.5, 0.6) is 0 Å². The van der Waals surface area contributed by atoms with E-state index >= 15 is 0 Å². The van der Waals surface area contributed by atoms with Gasteiger partial charge in [-0.2, -0.15) is 0 Å². The molecular weight excluding hydrogens is 204 g/mol. The first-order chi connectivity index (χ1) is 6.16. The first kappa shape index (κ1) is 12.9. The highest BCUT2D eigenvalue weighted by Crippen LogP contribution is 2.28. The zero-order valence-electron chi connectivity index (χ0n) is 8.28. The molecule has 4 heteroatoms. The van der Waals surface area contributed by atoms with E-state index in [1.807, 2.05) is 22.3 Å². The highest BCUT2D eigenvalue weighted by molar-refractivity contribution is 8.78. The summed E-state index contributed by atoms with van der Waals surface area (Å²) in [6.07, 6.45) is 3.02. The lowest BCUT2D eigenvalue weighted by Crippen LogP contribution is -1.96. The third-order valence-corrected chi connectivity index (χ3v) is 4.06. The fourth-order valence-corrected chi connectivity index (χ4v) is 2.39. The van der Waals surface area contributed by atoms with Crippen molar-refractivity contribution in [3.05, 3.63) is 11.5 Å². The van der Waals surface area contributed by atoms with E-state index in [0.717, 1.165) is 0 Å². The van der Waals surface area contributed by atoms with Crippen LogP contribution < -0.4 is 0 Å². The third kappa shape index (κ3) is 9.83. The van der Waals surface area contributed by atoms with Crippen LogP contribution in [0.25, 0.3) is 0 Å². The van der Waals surface area contributed by atoms with Gasteiger partial charge in [0.05, 0.1) is 0 Å². The van der Waals surface area contributed by atoms with Gasteiger partial charge in [-0.1, -0.05) is 35.4 Å². The molecule has 0 aliphatic carbocycles. The number of hydrogen-bond donors (Lipinski definition) is 0. The Morgan fingerprint density at radius 2 is 2.31 bits per heavy atom. The quantitative estimate of drug-likeness (QED) is 0.507. The predicted molar refractivity (Wildman–Crippen MR) is 60.7 cm³/mol. The molecule has 1 atom stereocenters. The maximum atomic E-state index is 10.4. The molecule has 0 radical (unpaired) electrons. The van der Waals surface area contributed by atoms with Gasteiger partial charge in [0.25, 0.3) is 0 Å². The molecule has 0 aromatic rings. The van der Waals surface area contributed by atoms with Gasteiger partial charge in [0.15, 0.2) is 0 Å². The van der Waals surface area contributed by atoms with Gasteiger partial charge in [-0.15, -0.1) is 0 Å². The van der Waals surface area contributed by atoms with Gasteiger partial charge in [0.1, 0.15) is 6.61 Å². The zero-order valence-corrected chi connectivity index (χ0v) is 9.91. The van der Waals surface area contributed by atoms with E-state index < -0.39 is 0 Å². The zero-order chi connectivity index (χ0) is 10.1. The fraction of sp³-hybridized carbons (Fsp3) is 0.667. The summed E-state index contributed by atoms with van der Waals surface area (Å²) < 4.78 is 4.73. The normalized spacial score (nSPS) is 13.2. The second kappa shape index (κ2) is 8.51. The van der Waals surface area contributed by atoms with E-state index in [9.17, 15) is 4.79 Å². The van der Waals surface area contributed by atoms with E-state index in [1.54, 1.807) is 10.8 Å². The molecular formula is C9H16O2S2. The molecule has 0 fully saturated rings. The van der Waals surface area contributed by atoms with Crippen LogP contribution >= 0.6 is 21.6 Å². The van der Waals surface area contributed by atoms with Crippen LogP contribution in [-0.4, -0.2) is 17.8 Å². The monoisotopic (exact) mass is 220 g/mol. The molecule has 0 bridgehead atoms. The van der Waals surface area contributed by atoms with Gasteiger partial charge in [-0.3, -0.25) is 4.79 Å². The van der Waals surface area contributed by atoms with E-state index in [2.05, 4.69) is 13.8 Å². The Bertz CT molecular complexity index is 169. The molecule has 0 unspecified atom stereocenters. The van der Waals surface area contributed by atoms with Crippen molar-refractivity contribution in [2.45, 2.75) is 32.4 Å². The van der Waals surface area contributed by atoms with Crippen molar-refractivity contribution < 1.29 is 9.53 Å². The lowest BCUT2D eigenvalue weighted by Gasteiger charge is -2.02. The van der Waals surface area contributed by atoms with E-state index in [1.165, 1.54) is 13.3 Å². The molecule has 0 aliphatic heterocycles. The van der Waals surface area contributed by atoms with E-state index in [-0.39, 0.29) is 5.97 Å². The smallest absolute Gasteiger partial charge is 0.302 e. The number of ether oxygens (including phenoxy) is 1. The maximum Gasteiger partial charge on any atom is 0.302 e. The van der Waals surface area contributed by atoms with Gasteiger partial charge >= 0.3 is 5.97 Å². The minimum Gasteiger partial charge on any atom is -0.462 e. The van der Waals surface area contributed by atoms with Crippen LogP contribution in [0.2, 0.25) is 0 Å². The number of hydrogen-bond acceptors (Lipinski definition) is 4. The van der Waals surface area contributed by atoms with Crippen molar-refractivity contribution in [2.24, 2.45) is 0 Å². The summed E-state index contributed by atoms with van der Waals surface area (Å²) in [5.74, 6) is -0.232. The standard InChI is InChI=1S/C9H16O2S2/c1-4-8(2)13-12-7-5-6-11-9(3)10/h5,7-8H,4,6H2,1-3H3/b7-5+/t8-/m0/s1. The summed E-state index contributed by atoms with van der Waals surface area (Å²) in [4.78, 5) is 10.4. The van der Waals surface area contributed by atoms with Gasteiger partial charge in [0, 0.05) is 12.2 Å². The number of carbonyl (C=O) groups excluding carboxylic acids is 1. The summed E-state index contributed by atoms with van der Waals surface area (Å²) in [5.41, 5.74) is 0. The average molecular weight is 220 g/mol. The van der Waals surface area contributed by atoms with Gasteiger partial charge in [0.2, 0.25) is 0 Å². The molecule has 2 nitrogen and oxygen atoms in total. The summed E-state index contributed by atoms with van der Waals surface area (Å²) >= 11 is 0. The molecule has 0 rings (SSSR count). The first-order valence-corrected chi connectivity index (χ1v) is 6.55. The molecule has 0 heterocycles. The highest BCUT2D eigenvalue weighted by Gasteiger charge is 1.96. The minimum atomic E-state index is -0.232. The first-order valence-electron chi connectivity index (χ1n) is 4.27. The lowest BCUT2D eigenvalue weighted by molar-refractivity contribution is -0.139. The van der Waals surface area contributed by atoms with E-state index in [0.29, 0.717) is 11.9 Å². The van der Waals surface area contributed by atoms with Gasteiger partial charge in [-0.25, -0.2) is 0 Å². The average Bonchev–Trinajstić information content (AvgIpc) is 2.10. The second-order valence-electron chi connectivity index (χ2n) is 2.59. The molecule has 0 saturated carbocycles. The molecule has 0 saturated heterocycles. The largest absolute Gasteiger partial charge is 0.462 e. The molecule has 0 aromatic carbocycles. The van der Waals surface area contributed by atoms with Crippen LogP contribution in [0.1, 0.15) is 27.2 Å². The molecule has 0 N–H and O–H groups in total. The topological polar surface area (TPSA) is 26.3 Å². The molecule has 13 heavy (non-hydrogen) atoms. The third-order valence-electron chi connectivity index (χ3n) is 1.33. The van der Waals surface area contributed by atoms with E-state index in [4.69, 9.17) is 4.74 Å². The number of carbonyl (C=O) groups is 1. The number of rotatable bonds is 6. The Hall–Kier alpha value is -0.0900. The summed E-state index contributed by atoms with van der Waals surface area (Å²) in [7, 11) is 3.51. The maximum absolute atomic E-state index is 10.4. The van der Waals surface area contributed by atoms with Crippen molar-refractivity contribution in [3.8, 4) is 0 Å². The predicted octanol–water partition coefficient (Wildman–Crippen LogP) is 3.24. The highest BCUT2D eigenvalue weighted by atomic mass is 33.1. The summed E-state index contributed by atoms with van der Waals surface area (Å²) in [6, 6.07) is 0. The minimum absolute atomic E-state index is 0.232. The summed E-state index contributed by atoms with van der Waals surface area (Å²) in [6.45, 7) is 6.15. The molecule has 0 aliphatic rings. The Labute approximate surface area is 87.9 Å². The van der Waals surface area contributed by atoms with Crippen molar-refractivity contribution >= 4 is 27.6 Å². The molecule has 0 amide bonds. The summed E-state index contributed by atoms with van der Waals surface area (Å²) in [5, 5.41) is 2.63. The van der Waals surface area contributed by atoms with Gasteiger partial charge < -0.3 is 4.74 Å². The molecule has 0 aromatic heterocycles. The number of esters is 1.